The number of benzene rings is 11. The Bertz CT molecular complexity index is 5420. The molecule has 0 bridgehead atoms. The fraction of sp³-hybridized carbons (Fsp3) is 0. The molecule has 0 amide bonds. The first-order chi connectivity index (χ1) is 38.8. The van der Waals surface area contributed by atoms with E-state index < -0.39 is 0 Å². The summed E-state index contributed by atoms with van der Waals surface area (Å²) in [5.74, 6) is 1.20. The number of aromatic nitrogens is 4. The molecule has 0 unspecified atom stereocenters. The van der Waals surface area contributed by atoms with Gasteiger partial charge in [-0.2, -0.15) is 0 Å². The van der Waals surface area contributed by atoms with Crippen LogP contribution < -0.4 is 37.9 Å². The van der Waals surface area contributed by atoms with Gasteiger partial charge in [-0.15, -0.1) is 0 Å². The maximum Gasteiger partial charge on any atom is 0.297 e. The molecular weight excluding hydrogens is 948 g/mol. The summed E-state index contributed by atoms with van der Waals surface area (Å²) in [7, 11) is 0. The van der Waals surface area contributed by atoms with E-state index in [2.05, 4.69) is 260 Å². The molecule has 0 radical (unpaired) electrons. The van der Waals surface area contributed by atoms with Gasteiger partial charge in [0.1, 0.15) is 11.4 Å². The second-order valence-corrected chi connectivity index (χ2v) is 21.8. The Morgan fingerprint density at radius 1 is 0.321 bits per heavy atom. The van der Waals surface area contributed by atoms with Crippen LogP contribution in [0.2, 0.25) is 0 Å². The van der Waals surface area contributed by atoms with Crippen molar-refractivity contribution in [3.8, 4) is 34.0 Å². The van der Waals surface area contributed by atoms with Crippen molar-refractivity contribution in [3.63, 3.8) is 0 Å². The van der Waals surface area contributed by atoms with E-state index in [0.717, 1.165) is 44.8 Å². The quantitative estimate of drug-likeness (QED) is 0.165. The molecule has 356 valence electrons. The van der Waals surface area contributed by atoms with Crippen molar-refractivity contribution < 1.29 is 4.42 Å². The predicted octanol–water partition coefficient (Wildman–Crippen LogP) is 13.1. The topological polar surface area (TPSA) is 36.1 Å². The van der Waals surface area contributed by atoms with Crippen molar-refractivity contribution in [2.45, 2.75) is 0 Å². The SMILES string of the molecule is c1ccc(N2c3ccccc3B3c4oc5c(-c6ccc7c(c6)c6cc8c9ccccc9n9c8c8c6n7-c6c(c7ccccc7n6-c6ccccc6)B8c6ccccc6-9)cccc5c4-n4c5ccccc5c5ccc2c3c54)cc1. The Labute approximate surface area is 446 Å². The van der Waals surface area contributed by atoms with Crippen LogP contribution in [0.1, 0.15) is 0 Å². The highest BCUT2D eigenvalue weighted by molar-refractivity contribution is 7.02. The summed E-state index contributed by atoms with van der Waals surface area (Å²) in [6.07, 6.45) is 0. The molecule has 20 rings (SSSR count). The van der Waals surface area contributed by atoms with Crippen LogP contribution in [0.25, 0.3) is 121 Å². The molecule has 4 aliphatic rings. The van der Waals surface area contributed by atoms with E-state index in [9.17, 15) is 0 Å². The Balaban J connectivity index is 0.897. The molecule has 0 aliphatic carbocycles. The number of hydrogen-bond donors (Lipinski definition) is 0. The third-order valence-electron chi connectivity index (χ3n) is 18.3. The van der Waals surface area contributed by atoms with Crippen LogP contribution in [0.3, 0.4) is 0 Å². The molecule has 6 nitrogen and oxygen atoms in total. The second-order valence-electron chi connectivity index (χ2n) is 21.8. The van der Waals surface area contributed by atoms with Crippen LogP contribution >= 0.6 is 0 Å². The normalized spacial score (nSPS) is 13.6. The summed E-state index contributed by atoms with van der Waals surface area (Å²) >= 11 is 0. The van der Waals surface area contributed by atoms with Crippen LogP contribution in [0, 0.1) is 0 Å². The number of nitrogens with zero attached hydrogens (tertiary/aromatic N) is 5. The highest BCUT2D eigenvalue weighted by Crippen LogP contribution is 2.48. The molecule has 11 aromatic carbocycles. The van der Waals surface area contributed by atoms with Crippen molar-refractivity contribution in [2.24, 2.45) is 0 Å². The van der Waals surface area contributed by atoms with Crippen LogP contribution in [-0.4, -0.2) is 31.7 Å². The number of furan rings is 1. The van der Waals surface area contributed by atoms with Gasteiger partial charge in [0.05, 0.1) is 50.0 Å². The first kappa shape index (κ1) is 40.2. The van der Waals surface area contributed by atoms with E-state index in [0.29, 0.717) is 0 Å². The largest absolute Gasteiger partial charge is 0.467 e. The van der Waals surface area contributed by atoms with Crippen molar-refractivity contribution in [2.75, 3.05) is 4.90 Å². The first-order valence-corrected chi connectivity index (χ1v) is 27.2. The Kier molecular flexibility index (Phi) is 7.21. The maximum absolute atomic E-state index is 7.69. The molecule has 0 N–H and O–H groups in total. The molecule has 0 saturated heterocycles. The van der Waals surface area contributed by atoms with Gasteiger partial charge in [0, 0.05) is 71.7 Å². The van der Waals surface area contributed by atoms with Crippen LogP contribution in [0.4, 0.5) is 17.1 Å². The van der Waals surface area contributed by atoms with Gasteiger partial charge in [0.2, 0.25) is 0 Å². The third-order valence-corrected chi connectivity index (χ3v) is 18.3. The zero-order valence-electron chi connectivity index (χ0n) is 41.8. The van der Waals surface area contributed by atoms with Crippen molar-refractivity contribution in [1.82, 2.24) is 18.3 Å². The Morgan fingerprint density at radius 2 is 0.910 bits per heavy atom. The molecule has 0 fully saturated rings. The molecule has 0 saturated carbocycles. The lowest BCUT2D eigenvalue weighted by Gasteiger charge is -2.38. The molecule has 9 heterocycles. The highest BCUT2D eigenvalue weighted by Gasteiger charge is 2.47. The Hall–Kier alpha value is -10.2. The van der Waals surface area contributed by atoms with Gasteiger partial charge in [-0.1, -0.05) is 152 Å². The van der Waals surface area contributed by atoms with Gasteiger partial charge >= 0.3 is 0 Å². The lowest BCUT2D eigenvalue weighted by molar-refractivity contribution is 0.650. The molecule has 8 heteroatoms. The van der Waals surface area contributed by atoms with Crippen molar-refractivity contribution in [3.05, 3.63) is 237 Å². The lowest BCUT2D eigenvalue weighted by atomic mass is 9.34. The van der Waals surface area contributed by atoms with E-state index >= 15 is 0 Å². The van der Waals surface area contributed by atoms with Gasteiger partial charge in [-0.25, -0.2) is 0 Å². The summed E-state index contributed by atoms with van der Waals surface area (Å²) in [5.41, 5.74) is 26.3. The van der Waals surface area contributed by atoms with E-state index in [1.54, 1.807) is 0 Å². The number of hydrogen-bond acceptors (Lipinski definition) is 2. The molecule has 0 spiro atoms. The van der Waals surface area contributed by atoms with Crippen LogP contribution in [0.15, 0.2) is 241 Å². The average molecular weight is 988 g/mol. The zero-order valence-corrected chi connectivity index (χ0v) is 41.8. The van der Waals surface area contributed by atoms with Gasteiger partial charge in [0.15, 0.2) is 0 Å². The molecule has 0 atom stereocenters. The summed E-state index contributed by atoms with van der Waals surface area (Å²) in [6.45, 7) is -0.127. The minimum Gasteiger partial charge on any atom is -0.467 e. The monoisotopic (exact) mass is 987 g/mol. The molecule has 4 aliphatic heterocycles. The van der Waals surface area contributed by atoms with E-state index in [4.69, 9.17) is 4.42 Å². The fourth-order valence-corrected chi connectivity index (χ4v) is 15.5. The van der Waals surface area contributed by atoms with Crippen LogP contribution in [-0.2, 0) is 0 Å². The number of rotatable bonds is 3. The minimum atomic E-state index is -0.126. The van der Waals surface area contributed by atoms with E-state index in [1.807, 2.05) is 0 Å². The first-order valence-electron chi connectivity index (χ1n) is 27.2. The Morgan fingerprint density at radius 3 is 1.71 bits per heavy atom. The van der Waals surface area contributed by atoms with E-state index in [-0.39, 0.29) is 13.4 Å². The third kappa shape index (κ3) is 4.62. The van der Waals surface area contributed by atoms with E-state index in [1.165, 1.54) is 127 Å². The van der Waals surface area contributed by atoms with Crippen LogP contribution in [0.5, 0.6) is 0 Å². The zero-order chi connectivity index (χ0) is 50.2. The van der Waals surface area contributed by atoms with Gasteiger partial charge in [0.25, 0.3) is 13.4 Å². The average Bonchev–Trinajstić information content (AvgIpc) is 2.71. The second kappa shape index (κ2) is 14.0. The number of anilines is 3. The highest BCUT2D eigenvalue weighted by atomic mass is 16.3. The minimum absolute atomic E-state index is 0.000827. The number of fused-ring (bicyclic) bond motifs is 24. The predicted molar refractivity (Wildman–Crippen MR) is 325 cm³/mol. The standard InChI is InChI=1S/C70H39B2N5O/c1-3-18-41(19-4-1)73-58-32-15-11-28-53(58)72-62-60(73)37-35-46-44-22-7-13-30-55(44)76(64(46)62)67-48-26-17-25-43(68(48)78-69(67)72)40-34-36-57-49(38-40)51-39-50-45-23-8-12-29-54(45)75-59-33-16-10-27-52(59)71-61-47-24-9-14-31-56(47)74(42-20-5-2-6-21-42)70(61)77(57)66(51)63(71)65(50)75/h1-39H. The molecule has 78 heavy (non-hydrogen) atoms. The van der Waals surface area contributed by atoms with Gasteiger partial charge in [-0.3, -0.25) is 9.13 Å². The fourth-order valence-electron chi connectivity index (χ4n) is 15.5. The molecule has 16 aromatic rings. The van der Waals surface area contributed by atoms with Crippen molar-refractivity contribution >= 4 is 151 Å². The smallest absolute Gasteiger partial charge is 0.297 e. The molecular formula is C70H39B2N5O. The lowest BCUT2D eigenvalue weighted by Crippen LogP contribution is -2.59. The van der Waals surface area contributed by atoms with Gasteiger partial charge < -0.3 is 18.5 Å². The summed E-state index contributed by atoms with van der Waals surface area (Å²) < 4.78 is 17.9. The summed E-state index contributed by atoms with van der Waals surface area (Å²) in [5, 5.41) is 9.93. The summed E-state index contributed by atoms with van der Waals surface area (Å²) in [4.78, 5) is 2.45. The van der Waals surface area contributed by atoms with Crippen molar-refractivity contribution in [1.29, 1.82) is 0 Å². The number of para-hydroxylation sites is 8. The van der Waals surface area contributed by atoms with Gasteiger partial charge in [-0.05, 0) is 123 Å². The molecule has 5 aromatic heterocycles. The summed E-state index contributed by atoms with van der Waals surface area (Å²) in [6, 6.07) is 88.1. The maximum atomic E-state index is 7.69.